The third-order valence-electron chi connectivity index (χ3n) is 1.97. The second-order valence-electron chi connectivity index (χ2n) is 2.97. The standard InChI is InChI=1S/C10H5BrClNO2/c11-9-7-4-6(12)2-1-5(7)3-8(13-9)10(14)15/h1-4H,(H,14,15). The number of aromatic carboxylic acids is 1. The van der Waals surface area contributed by atoms with Gasteiger partial charge < -0.3 is 5.11 Å². The van der Waals surface area contributed by atoms with Crippen molar-refractivity contribution in [2.45, 2.75) is 0 Å². The highest BCUT2D eigenvalue weighted by atomic mass is 79.9. The van der Waals surface area contributed by atoms with Gasteiger partial charge in [0.05, 0.1) is 0 Å². The molecule has 0 aliphatic heterocycles. The molecule has 0 saturated heterocycles. The van der Waals surface area contributed by atoms with Gasteiger partial charge in [-0.2, -0.15) is 0 Å². The van der Waals surface area contributed by atoms with Gasteiger partial charge in [-0.3, -0.25) is 0 Å². The van der Waals surface area contributed by atoms with E-state index in [-0.39, 0.29) is 5.69 Å². The van der Waals surface area contributed by atoms with E-state index in [9.17, 15) is 4.79 Å². The lowest BCUT2D eigenvalue weighted by Crippen LogP contribution is -2.00. The van der Waals surface area contributed by atoms with Gasteiger partial charge in [0.1, 0.15) is 10.3 Å². The number of carboxylic acid groups (broad SMARTS) is 1. The maximum Gasteiger partial charge on any atom is 0.354 e. The van der Waals surface area contributed by atoms with Crippen LogP contribution in [0.3, 0.4) is 0 Å². The third-order valence-corrected chi connectivity index (χ3v) is 2.81. The highest BCUT2D eigenvalue weighted by Gasteiger charge is 2.09. The molecule has 1 aromatic heterocycles. The van der Waals surface area contributed by atoms with Gasteiger partial charge in [0.2, 0.25) is 0 Å². The fourth-order valence-corrected chi connectivity index (χ4v) is 1.99. The Labute approximate surface area is 98.8 Å². The molecule has 0 fully saturated rings. The molecule has 1 heterocycles. The zero-order valence-corrected chi connectivity index (χ0v) is 9.71. The second-order valence-corrected chi connectivity index (χ2v) is 4.16. The number of aromatic nitrogens is 1. The van der Waals surface area contributed by atoms with Gasteiger partial charge in [0.25, 0.3) is 0 Å². The summed E-state index contributed by atoms with van der Waals surface area (Å²) < 4.78 is 0.486. The van der Waals surface area contributed by atoms with Crippen molar-refractivity contribution < 1.29 is 9.90 Å². The molecule has 0 saturated carbocycles. The van der Waals surface area contributed by atoms with Crippen molar-refractivity contribution in [2.75, 3.05) is 0 Å². The number of carboxylic acids is 1. The van der Waals surface area contributed by atoms with Crippen molar-refractivity contribution in [3.8, 4) is 0 Å². The number of hydrogen-bond acceptors (Lipinski definition) is 2. The van der Waals surface area contributed by atoms with Crippen LogP contribution in [0.5, 0.6) is 0 Å². The van der Waals surface area contributed by atoms with Crippen molar-refractivity contribution in [3.63, 3.8) is 0 Å². The first-order valence-electron chi connectivity index (χ1n) is 4.07. The highest BCUT2D eigenvalue weighted by molar-refractivity contribution is 9.10. The number of carbonyl (C=O) groups is 1. The van der Waals surface area contributed by atoms with Crippen LogP contribution in [0.2, 0.25) is 5.02 Å². The first-order valence-corrected chi connectivity index (χ1v) is 5.24. The van der Waals surface area contributed by atoms with E-state index in [0.717, 1.165) is 10.8 Å². The van der Waals surface area contributed by atoms with Gasteiger partial charge in [-0.05, 0) is 39.5 Å². The molecular formula is C10H5BrClNO2. The number of rotatable bonds is 1. The molecule has 15 heavy (non-hydrogen) atoms. The molecular weight excluding hydrogens is 281 g/mol. The molecule has 1 N–H and O–H groups in total. The van der Waals surface area contributed by atoms with Crippen LogP contribution in [-0.2, 0) is 0 Å². The Morgan fingerprint density at radius 2 is 2.13 bits per heavy atom. The number of pyridine rings is 1. The van der Waals surface area contributed by atoms with Crippen LogP contribution in [0.4, 0.5) is 0 Å². The Hall–Kier alpha value is -1.13. The van der Waals surface area contributed by atoms with Crippen LogP contribution in [0, 0.1) is 0 Å². The minimum Gasteiger partial charge on any atom is -0.477 e. The van der Waals surface area contributed by atoms with E-state index < -0.39 is 5.97 Å². The molecule has 0 aliphatic carbocycles. The Kier molecular flexibility index (Phi) is 2.63. The Balaban J connectivity index is 2.78. The summed E-state index contributed by atoms with van der Waals surface area (Å²) in [6.45, 7) is 0. The van der Waals surface area contributed by atoms with Crippen molar-refractivity contribution >= 4 is 44.3 Å². The van der Waals surface area contributed by atoms with E-state index in [1.54, 1.807) is 18.2 Å². The Morgan fingerprint density at radius 3 is 2.80 bits per heavy atom. The summed E-state index contributed by atoms with van der Waals surface area (Å²) in [6.07, 6.45) is 0. The molecule has 76 valence electrons. The monoisotopic (exact) mass is 285 g/mol. The van der Waals surface area contributed by atoms with Crippen molar-refractivity contribution in [1.29, 1.82) is 0 Å². The van der Waals surface area contributed by atoms with Crippen LogP contribution in [0.25, 0.3) is 10.8 Å². The first kappa shape index (κ1) is 10.4. The molecule has 2 aromatic rings. The predicted molar refractivity (Wildman–Crippen MR) is 61.4 cm³/mol. The summed E-state index contributed by atoms with van der Waals surface area (Å²) in [6, 6.07) is 6.72. The SMILES string of the molecule is O=C(O)c1cc2ccc(Cl)cc2c(Br)n1. The molecule has 0 unspecified atom stereocenters. The van der Waals surface area contributed by atoms with Crippen molar-refractivity contribution in [3.05, 3.63) is 39.6 Å². The fourth-order valence-electron chi connectivity index (χ4n) is 1.29. The molecule has 2 rings (SSSR count). The van der Waals surface area contributed by atoms with Crippen LogP contribution >= 0.6 is 27.5 Å². The first-order chi connectivity index (χ1) is 7.08. The largest absolute Gasteiger partial charge is 0.477 e. The minimum atomic E-state index is -1.05. The summed E-state index contributed by atoms with van der Waals surface area (Å²) >= 11 is 9.05. The van der Waals surface area contributed by atoms with Gasteiger partial charge in [-0.25, -0.2) is 9.78 Å². The van der Waals surface area contributed by atoms with E-state index in [0.29, 0.717) is 9.63 Å². The lowest BCUT2D eigenvalue weighted by Gasteiger charge is -2.02. The topological polar surface area (TPSA) is 50.2 Å². The molecule has 0 amide bonds. The molecule has 0 aliphatic rings. The van der Waals surface area contributed by atoms with E-state index >= 15 is 0 Å². The van der Waals surface area contributed by atoms with E-state index in [1.807, 2.05) is 0 Å². The number of benzene rings is 1. The summed E-state index contributed by atoms with van der Waals surface area (Å²) in [5.41, 5.74) is 0.0108. The molecule has 0 bridgehead atoms. The summed E-state index contributed by atoms with van der Waals surface area (Å²) in [7, 11) is 0. The highest BCUT2D eigenvalue weighted by Crippen LogP contribution is 2.26. The van der Waals surface area contributed by atoms with Gasteiger partial charge in [-0.1, -0.05) is 17.7 Å². The number of hydrogen-bond donors (Lipinski definition) is 1. The smallest absolute Gasteiger partial charge is 0.354 e. The Morgan fingerprint density at radius 1 is 1.40 bits per heavy atom. The van der Waals surface area contributed by atoms with Crippen molar-refractivity contribution in [1.82, 2.24) is 4.98 Å². The van der Waals surface area contributed by atoms with E-state index in [4.69, 9.17) is 16.7 Å². The Bertz CT molecular complexity index is 556. The fraction of sp³-hybridized carbons (Fsp3) is 0. The lowest BCUT2D eigenvalue weighted by atomic mass is 10.1. The van der Waals surface area contributed by atoms with E-state index in [2.05, 4.69) is 20.9 Å². The zero-order valence-electron chi connectivity index (χ0n) is 7.37. The van der Waals surface area contributed by atoms with Crippen LogP contribution in [0.1, 0.15) is 10.5 Å². The molecule has 5 heteroatoms. The average Bonchev–Trinajstić information content (AvgIpc) is 2.18. The van der Waals surface area contributed by atoms with Gasteiger partial charge >= 0.3 is 5.97 Å². The lowest BCUT2D eigenvalue weighted by molar-refractivity contribution is 0.0690. The van der Waals surface area contributed by atoms with Crippen LogP contribution in [0.15, 0.2) is 28.9 Å². The maximum absolute atomic E-state index is 10.8. The van der Waals surface area contributed by atoms with Gasteiger partial charge in [-0.15, -0.1) is 0 Å². The van der Waals surface area contributed by atoms with Gasteiger partial charge in [0.15, 0.2) is 0 Å². The number of halogens is 2. The molecule has 0 spiro atoms. The maximum atomic E-state index is 10.8. The van der Waals surface area contributed by atoms with Crippen LogP contribution in [-0.4, -0.2) is 16.1 Å². The summed E-state index contributed by atoms with van der Waals surface area (Å²) in [4.78, 5) is 14.7. The second kappa shape index (κ2) is 3.79. The quantitative estimate of drug-likeness (QED) is 0.818. The molecule has 0 radical (unpaired) electrons. The number of nitrogens with zero attached hydrogens (tertiary/aromatic N) is 1. The molecule has 1 aromatic carbocycles. The third kappa shape index (κ3) is 1.96. The number of fused-ring (bicyclic) bond motifs is 1. The van der Waals surface area contributed by atoms with Gasteiger partial charge in [0, 0.05) is 10.4 Å². The van der Waals surface area contributed by atoms with Crippen molar-refractivity contribution in [2.24, 2.45) is 0 Å². The minimum absolute atomic E-state index is 0.0108. The normalized spacial score (nSPS) is 10.5. The summed E-state index contributed by atoms with van der Waals surface area (Å²) in [5.74, 6) is -1.05. The molecule has 0 atom stereocenters. The molecule has 3 nitrogen and oxygen atoms in total. The summed E-state index contributed by atoms with van der Waals surface area (Å²) in [5, 5.41) is 11.0. The van der Waals surface area contributed by atoms with E-state index in [1.165, 1.54) is 6.07 Å². The van der Waals surface area contributed by atoms with Crippen LogP contribution < -0.4 is 0 Å². The average molecular weight is 287 g/mol. The zero-order chi connectivity index (χ0) is 11.0. The predicted octanol–water partition coefficient (Wildman–Crippen LogP) is 3.35.